The number of halogens is 1. The normalized spacial score (nSPS) is 24.2. The first-order valence-corrected chi connectivity index (χ1v) is 6.29. The van der Waals surface area contributed by atoms with Crippen LogP contribution in [0.25, 0.3) is 0 Å². The average molecular weight is 237 g/mol. The molecule has 1 fully saturated rings. The van der Waals surface area contributed by atoms with E-state index in [2.05, 4.69) is 5.32 Å². The van der Waals surface area contributed by atoms with E-state index in [1.807, 2.05) is 13.0 Å². The van der Waals surface area contributed by atoms with E-state index in [1.54, 1.807) is 6.07 Å². The number of nitrogens with one attached hydrogen (secondary N) is 1. The molecule has 1 aromatic carbocycles. The van der Waals surface area contributed by atoms with Gasteiger partial charge in [0.15, 0.2) is 0 Å². The Morgan fingerprint density at radius 2 is 2.24 bits per heavy atom. The summed E-state index contributed by atoms with van der Waals surface area (Å²) in [6.45, 7) is 3.40. The quantitative estimate of drug-likeness (QED) is 0.842. The molecule has 2 nitrogen and oxygen atoms in total. The molecule has 1 aliphatic carbocycles. The first kappa shape index (κ1) is 12.5. The summed E-state index contributed by atoms with van der Waals surface area (Å²) in [6, 6.07) is 5.18. The molecule has 0 amide bonds. The van der Waals surface area contributed by atoms with Crippen LogP contribution in [0.3, 0.4) is 0 Å². The molecule has 0 aliphatic heterocycles. The van der Waals surface area contributed by atoms with Crippen LogP contribution in [0.5, 0.6) is 0 Å². The van der Waals surface area contributed by atoms with Crippen molar-refractivity contribution in [1.82, 2.24) is 5.32 Å². The molecule has 17 heavy (non-hydrogen) atoms. The van der Waals surface area contributed by atoms with Gasteiger partial charge in [-0.25, -0.2) is 4.39 Å². The minimum atomic E-state index is -0.144. The molecule has 1 saturated carbocycles. The SMILES string of the molecule is Cc1ccc(F)c(CNCC2CCC(O)C2)c1. The minimum absolute atomic E-state index is 0.127. The van der Waals surface area contributed by atoms with Gasteiger partial charge in [-0.15, -0.1) is 0 Å². The van der Waals surface area contributed by atoms with Crippen molar-refractivity contribution in [2.24, 2.45) is 5.92 Å². The van der Waals surface area contributed by atoms with Crippen LogP contribution in [0.4, 0.5) is 4.39 Å². The number of aliphatic hydroxyl groups is 1. The third kappa shape index (κ3) is 3.51. The lowest BCUT2D eigenvalue weighted by Gasteiger charge is -2.11. The molecule has 0 heterocycles. The van der Waals surface area contributed by atoms with E-state index in [-0.39, 0.29) is 11.9 Å². The minimum Gasteiger partial charge on any atom is -0.393 e. The molecule has 0 saturated heterocycles. The zero-order chi connectivity index (χ0) is 12.3. The second-order valence-electron chi connectivity index (χ2n) is 5.06. The second-order valence-corrected chi connectivity index (χ2v) is 5.06. The van der Waals surface area contributed by atoms with Crippen molar-refractivity contribution in [2.75, 3.05) is 6.54 Å². The average Bonchev–Trinajstić information content (AvgIpc) is 2.69. The summed E-state index contributed by atoms with van der Waals surface area (Å²) in [6.07, 6.45) is 2.73. The third-order valence-corrected chi connectivity index (χ3v) is 3.46. The molecule has 0 radical (unpaired) electrons. The molecule has 2 rings (SSSR count). The third-order valence-electron chi connectivity index (χ3n) is 3.46. The van der Waals surface area contributed by atoms with Crippen LogP contribution in [-0.2, 0) is 6.54 Å². The highest BCUT2D eigenvalue weighted by atomic mass is 19.1. The van der Waals surface area contributed by atoms with Gasteiger partial charge < -0.3 is 10.4 Å². The fourth-order valence-corrected chi connectivity index (χ4v) is 2.48. The van der Waals surface area contributed by atoms with Gasteiger partial charge in [0.1, 0.15) is 5.82 Å². The van der Waals surface area contributed by atoms with E-state index in [1.165, 1.54) is 6.07 Å². The molecule has 0 aromatic heterocycles. The summed E-state index contributed by atoms with van der Waals surface area (Å²) in [4.78, 5) is 0. The van der Waals surface area contributed by atoms with Crippen LogP contribution in [0.15, 0.2) is 18.2 Å². The Bertz CT molecular complexity index is 380. The smallest absolute Gasteiger partial charge is 0.127 e. The summed E-state index contributed by atoms with van der Waals surface area (Å²) in [5.41, 5.74) is 1.81. The van der Waals surface area contributed by atoms with Gasteiger partial charge in [-0.1, -0.05) is 17.7 Å². The largest absolute Gasteiger partial charge is 0.393 e. The maximum absolute atomic E-state index is 13.5. The monoisotopic (exact) mass is 237 g/mol. The van der Waals surface area contributed by atoms with Crippen LogP contribution in [0.1, 0.15) is 30.4 Å². The van der Waals surface area contributed by atoms with Gasteiger partial charge in [-0.3, -0.25) is 0 Å². The number of rotatable bonds is 4. The second kappa shape index (κ2) is 5.61. The number of benzene rings is 1. The van der Waals surface area contributed by atoms with E-state index in [0.717, 1.165) is 36.9 Å². The number of aliphatic hydroxyl groups excluding tert-OH is 1. The van der Waals surface area contributed by atoms with Crippen molar-refractivity contribution in [3.8, 4) is 0 Å². The first-order valence-electron chi connectivity index (χ1n) is 6.29. The topological polar surface area (TPSA) is 32.3 Å². The fraction of sp³-hybridized carbons (Fsp3) is 0.571. The highest BCUT2D eigenvalue weighted by molar-refractivity contribution is 5.23. The van der Waals surface area contributed by atoms with Gasteiger partial charge in [-0.2, -0.15) is 0 Å². The molecule has 2 N–H and O–H groups in total. The molecule has 94 valence electrons. The molecule has 2 unspecified atom stereocenters. The van der Waals surface area contributed by atoms with E-state index in [4.69, 9.17) is 0 Å². The van der Waals surface area contributed by atoms with Crippen LogP contribution < -0.4 is 5.32 Å². The summed E-state index contributed by atoms with van der Waals surface area (Å²) in [5.74, 6) is 0.396. The predicted molar refractivity (Wildman–Crippen MR) is 66.2 cm³/mol. The Hall–Kier alpha value is -0.930. The van der Waals surface area contributed by atoms with E-state index >= 15 is 0 Å². The van der Waals surface area contributed by atoms with Crippen molar-refractivity contribution in [3.05, 3.63) is 35.1 Å². The highest BCUT2D eigenvalue weighted by Crippen LogP contribution is 2.24. The first-order chi connectivity index (χ1) is 8.15. The molecular weight excluding hydrogens is 217 g/mol. The van der Waals surface area contributed by atoms with Crippen LogP contribution in [0, 0.1) is 18.7 Å². The molecule has 1 aliphatic rings. The van der Waals surface area contributed by atoms with Gasteiger partial charge in [0.05, 0.1) is 6.10 Å². The molecule has 0 bridgehead atoms. The van der Waals surface area contributed by atoms with E-state index < -0.39 is 0 Å². The lowest BCUT2D eigenvalue weighted by molar-refractivity contribution is 0.177. The Balaban J connectivity index is 1.80. The van der Waals surface area contributed by atoms with Gasteiger partial charge in [-0.05, 0) is 44.7 Å². The maximum atomic E-state index is 13.5. The Morgan fingerprint density at radius 1 is 1.41 bits per heavy atom. The molecule has 1 aromatic rings. The maximum Gasteiger partial charge on any atom is 0.127 e. The van der Waals surface area contributed by atoms with Gasteiger partial charge in [0.2, 0.25) is 0 Å². The summed E-state index contributed by atoms with van der Waals surface area (Å²) in [5, 5.41) is 12.7. The van der Waals surface area contributed by atoms with Crippen molar-refractivity contribution in [2.45, 2.75) is 38.8 Å². The Kier molecular flexibility index (Phi) is 4.13. The van der Waals surface area contributed by atoms with Gasteiger partial charge in [0, 0.05) is 12.1 Å². The van der Waals surface area contributed by atoms with Crippen molar-refractivity contribution < 1.29 is 9.50 Å². The number of hydrogen-bond donors (Lipinski definition) is 2. The molecule has 2 atom stereocenters. The fourth-order valence-electron chi connectivity index (χ4n) is 2.48. The number of aryl methyl sites for hydroxylation is 1. The summed E-state index contributed by atoms with van der Waals surface area (Å²) < 4.78 is 13.5. The van der Waals surface area contributed by atoms with Crippen molar-refractivity contribution >= 4 is 0 Å². The summed E-state index contributed by atoms with van der Waals surface area (Å²) >= 11 is 0. The van der Waals surface area contributed by atoms with E-state index in [9.17, 15) is 9.50 Å². The van der Waals surface area contributed by atoms with Crippen molar-refractivity contribution in [1.29, 1.82) is 0 Å². The van der Waals surface area contributed by atoms with Crippen molar-refractivity contribution in [3.63, 3.8) is 0 Å². The van der Waals surface area contributed by atoms with E-state index in [0.29, 0.717) is 12.5 Å². The van der Waals surface area contributed by atoms with Gasteiger partial charge in [0.25, 0.3) is 0 Å². The molecule has 3 heteroatoms. The lowest BCUT2D eigenvalue weighted by atomic mass is 10.1. The highest BCUT2D eigenvalue weighted by Gasteiger charge is 2.22. The lowest BCUT2D eigenvalue weighted by Crippen LogP contribution is -2.22. The Morgan fingerprint density at radius 3 is 2.94 bits per heavy atom. The Labute approximate surface area is 102 Å². The van der Waals surface area contributed by atoms with Crippen LogP contribution >= 0.6 is 0 Å². The van der Waals surface area contributed by atoms with Gasteiger partial charge >= 0.3 is 0 Å². The molecular formula is C14H20FNO. The standard InChI is InChI=1S/C14H20FNO/c1-10-2-5-14(15)12(6-10)9-16-8-11-3-4-13(17)7-11/h2,5-6,11,13,16-17H,3-4,7-9H2,1H3. The zero-order valence-electron chi connectivity index (χ0n) is 10.2. The predicted octanol–water partition coefficient (Wildman–Crippen LogP) is 2.38. The zero-order valence-corrected chi connectivity index (χ0v) is 10.2. The molecule has 0 spiro atoms. The van der Waals surface area contributed by atoms with Crippen LogP contribution in [0.2, 0.25) is 0 Å². The number of hydrogen-bond acceptors (Lipinski definition) is 2. The summed E-state index contributed by atoms with van der Waals surface area (Å²) in [7, 11) is 0. The van der Waals surface area contributed by atoms with Crippen LogP contribution in [-0.4, -0.2) is 17.8 Å².